The van der Waals surface area contributed by atoms with E-state index in [1.807, 2.05) is 79.8 Å². The molecule has 2 aromatic heterocycles. The fraction of sp³-hybridized carbons (Fsp3) is 0.281. The van der Waals surface area contributed by atoms with Gasteiger partial charge in [0.2, 0.25) is 11.8 Å². The molecule has 214 valence electrons. The first-order chi connectivity index (χ1) is 20.5. The first kappa shape index (κ1) is 27.3. The summed E-state index contributed by atoms with van der Waals surface area (Å²) in [6.07, 6.45) is 2.98. The molecule has 0 aliphatic carbocycles. The number of aromatic nitrogens is 4. The molecule has 1 saturated heterocycles. The second kappa shape index (κ2) is 12.0. The number of hydrogen-bond donors (Lipinski definition) is 2. The van der Waals surface area contributed by atoms with Crippen molar-refractivity contribution < 1.29 is 9.59 Å². The molecule has 10 heteroatoms. The van der Waals surface area contributed by atoms with Crippen molar-refractivity contribution >= 4 is 39.4 Å². The monoisotopic (exact) mass is 562 g/mol. The zero-order valence-corrected chi connectivity index (χ0v) is 23.6. The molecule has 2 atom stereocenters. The number of rotatable bonds is 8. The number of nitrogens with two attached hydrogens (primary N) is 1. The van der Waals surface area contributed by atoms with E-state index in [0.29, 0.717) is 39.0 Å². The van der Waals surface area contributed by atoms with Gasteiger partial charge in [0.05, 0.1) is 17.1 Å². The van der Waals surface area contributed by atoms with Gasteiger partial charge in [0.25, 0.3) is 0 Å². The highest BCUT2D eigenvalue weighted by molar-refractivity contribution is 5.91. The first-order valence-corrected chi connectivity index (χ1v) is 14.2. The Balaban J connectivity index is 1.20. The molecule has 5 aromatic rings. The summed E-state index contributed by atoms with van der Waals surface area (Å²) in [5, 5.41) is 12.3. The fourth-order valence-corrected chi connectivity index (χ4v) is 5.57. The van der Waals surface area contributed by atoms with Crippen molar-refractivity contribution in [2.75, 3.05) is 24.5 Å². The standard InChI is InChI=1S/C32H34N8O2/c1-38-29-14-10-23(18-28(29)36-37-38)20-35-31(41)30-21-39(25-11-13-27-24(19-25)8-5-15-34-27)16-17-40(30)32(42)26(33)12-9-22-6-3-2-4-7-22/h2-8,10-11,13-15,18-19,26,30H,9,12,16-17,20-21,33H2,1H3,(H,35,41)/t26-,30+/m1/s1. The van der Waals surface area contributed by atoms with Crippen molar-refractivity contribution in [2.45, 2.75) is 31.5 Å². The number of piperazine rings is 1. The zero-order valence-electron chi connectivity index (χ0n) is 23.6. The summed E-state index contributed by atoms with van der Waals surface area (Å²) in [5.41, 5.74) is 12.0. The summed E-state index contributed by atoms with van der Waals surface area (Å²) in [6.45, 7) is 1.66. The van der Waals surface area contributed by atoms with Crippen LogP contribution in [0.1, 0.15) is 17.5 Å². The highest BCUT2D eigenvalue weighted by Gasteiger charge is 2.37. The highest BCUT2D eigenvalue weighted by Crippen LogP contribution is 2.24. The molecule has 0 saturated carbocycles. The van der Waals surface area contributed by atoms with Crippen molar-refractivity contribution in [1.82, 2.24) is 30.2 Å². The fourth-order valence-electron chi connectivity index (χ4n) is 5.57. The maximum Gasteiger partial charge on any atom is 0.244 e. The van der Waals surface area contributed by atoms with Gasteiger partial charge in [0.1, 0.15) is 11.6 Å². The summed E-state index contributed by atoms with van der Waals surface area (Å²) < 4.78 is 1.71. The summed E-state index contributed by atoms with van der Waals surface area (Å²) in [7, 11) is 1.84. The molecule has 0 radical (unpaired) electrons. The van der Waals surface area contributed by atoms with E-state index in [1.54, 1.807) is 15.8 Å². The number of carbonyl (C=O) groups is 2. The molecular formula is C32H34N8O2. The van der Waals surface area contributed by atoms with E-state index in [2.05, 4.69) is 31.6 Å². The zero-order chi connectivity index (χ0) is 29.1. The van der Waals surface area contributed by atoms with E-state index in [4.69, 9.17) is 5.73 Å². The Bertz CT molecular complexity index is 1720. The third-order valence-corrected chi connectivity index (χ3v) is 7.96. The summed E-state index contributed by atoms with van der Waals surface area (Å²) >= 11 is 0. The van der Waals surface area contributed by atoms with Crippen LogP contribution in [0.2, 0.25) is 0 Å². The first-order valence-electron chi connectivity index (χ1n) is 14.2. The van der Waals surface area contributed by atoms with E-state index < -0.39 is 12.1 Å². The second-order valence-electron chi connectivity index (χ2n) is 10.8. The molecule has 3 N–H and O–H groups in total. The van der Waals surface area contributed by atoms with Crippen LogP contribution in [-0.2, 0) is 29.6 Å². The third kappa shape index (κ3) is 5.80. The number of hydrogen-bond acceptors (Lipinski definition) is 7. The Morgan fingerprint density at radius 3 is 2.69 bits per heavy atom. The Morgan fingerprint density at radius 2 is 1.83 bits per heavy atom. The molecule has 1 fully saturated rings. The van der Waals surface area contributed by atoms with E-state index in [9.17, 15) is 9.59 Å². The molecule has 0 bridgehead atoms. The van der Waals surface area contributed by atoms with Crippen LogP contribution in [0, 0.1) is 0 Å². The number of nitrogens with zero attached hydrogens (tertiary/aromatic N) is 6. The van der Waals surface area contributed by atoms with Crippen molar-refractivity contribution in [3.63, 3.8) is 0 Å². The van der Waals surface area contributed by atoms with Crippen LogP contribution in [0.3, 0.4) is 0 Å². The lowest BCUT2D eigenvalue weighted by molar-refractivity contribution is -0.142. The minimum atomic E-state index is -0.696. The van der Waals surface area contributed by atoms with Gasteiger partial charge in [-0.1, -0.05) is 47.7 Å². The normalized spacial score (nSPS) is 16.1. The van der Waals surface area contributed by atoms with Gasteiger partial charge in [-0.15, -0.1) is 5.10 Å². The molecule has 0 unspecified atom stereocenters. The van der Waals surface area contributed by atoms with Gasteiger partial charge >= 0.3 is 0 Å². The Hall–Kier alpha value is -4.83. The Kier molecular flexibility index (Phi) is 7.78. The van der Waals surface area contributed by atoms with Gasteiger partial charge in [-0.3, -0.25) is 14.6 Å². The molecule has 10 nitrogen and oxygen atoms in total. The van der Waals surface area contributed by atoms with E-state index in [0.717, 1.165) is 38.8 Å². The van der Waals surface area contributed by atoms with E-state index >= 15 is 0 Å². The SMILES string of the molecule is Cn1nnc2cc(CNC(=O)[C@@H]3CN(c4ccc5ncccc5c4)CCN3C(=O)[C@H](N)CCc3ccccc3)ccc21. The quantitative estimate of drug-likeness (QED) is 0.298. The average molecular weight is 563 g/mol. The predicted octanol–water partition coefficient (Wildman–Crippen LogP) is 2.81. The maximum atomic E-state index is 13.7. The molecule has 3 aromatic carbocycles. The van der Waals surface area contributed by atoms with Crippen LogP contribution >= 0.6 is 0 Å². The molecule has 0 spiro atoms. The predicted molar refractivity (Wildman–Crippen MR) is 163 cm³/mol. The molecule has 2 amide bonds. The van der Waals surface area contributed by atoms with Crippen molar-refractivity contribution in [3.05, 3.63) is 96.2 Å². The largest absolute Gasteiger partial charge is 0.367 e. The number of carbonyl (C=O) groups excluding carboxylic acids is 2. The molecule has 6 rings (SSSR count). The van der Waals surface area contributed by atoms with Gasteiger partial charge < -0.3 is 20.9 Å². The number of aryl methyl sites for hydroxylation is 2. The van der Waals surface area contributed by atoms with E-state index in [-0.39, 0.29) is 11.8 Å². The number of fused-ring (bicyclic) bond motifs is 2. The lowest BCUT2D eigenvalue weighted by Crippen LogP contribution is -2.63. The number of benzene rings is 3. The molecular weight excluding hydrogens is 528 g/mol. The van der Waals surface area contributed by atoms with Crippen LogP contribution < -0.4 is 16.0 Å². The maximum absolute atomic E-state index is 13.7. The lowest BCUT2D eigenvalue weighted by atomic mass is 10.0. The van der Waals surface area contributed by atoms with Crippen molar-refractivity contribution in [3.8, 4) is 0 Å². The minimum absolute atomic E-state index is 0.200. The Labute approximate surface area is 244 Å². The average Bonchev–Trinajstić information content (AvgIpc) is 3.41. The summed E-state index contributed by atoms with van der Waals surface area (Å²) in [4.78, 5) is 35.6. The highest BCUT2D eigenvalue weighted by atomic mass is 16.2. The van der Waals surface area contributed by atoms with Gasteiger partial charge in [-0.2, -0.15) is 0 Å². The van der Waals surface area contributed by atoms with Gasteiger partial charge in [-0.05, 0) is 60.4 Å². The van der Waals surface area contributed by atoms with Gasteiger partial charge in [0, 0.05) is 50.5 Å². The van der Waals surface area contributed by atoms with Crippen LogP contribution in [-0.4, -0.2) is 68.4 Å². The topological polar surface area (TPSA) is 122 Å². The smallest absolute Gasteiger partial charge is 0.244 e. The van der Waals surface area contributed by atoms with Crippen LogP contribution in [0.15, 0.2) is 85.1 Å². The second-order valence-corrected chi connectivity index (χ2v) is 10.8. The summed E-state index contributed by atoms with van der Waals surface area (Å²) in [5.74, 6) is -0.417. The minimum Gasteiger partial charge on any atom is -0.367 e. The number of amides is 2. The number of pyridine rings is 1. The molecule has 1 aliphatic heterocycles. The third-order valence-electron chi connectivity index (χ3n) is 7.96. The number of nitrogens with one attached hydrogen (secondary N) is 1. The molecule has 3 heterocycles. The van der Waals surface area contributed by atoms with E-state index in [1.165, 1.54) is 0 Å². The van der Waals surface area contributed by atoms with Crippen molar-refractivity contribution in [1.29, 1.82) is 0 Å². The Morgan fingerprint density at radius 1 is 0.976 bits per heavy atom. The lowest BCUT2D eigenvalue weighted by Gasteiger charge is -2.42. The molecule has 1 aliphatic rings. The van der Waals surface area contributed by atoms with Gasteiger partial charge in [-0.25, -0.2) is 4.68 Å². The van der Waals surface area contributed by atoms with Crippen LogP contribution in [0.4, 0.5) is 5.69 Å². The molecule has 42 heavy (non-hydrogen) atoms. The summed E-state index contributed by atoms with van der Waals surface area (Å²) in [6, 6.07) is 24.4. The van der Waals surface area contributed by atoms with Gasteiger partial charge in [0.15, 0.2) is 0 Å². The van der Waals surface area contributed by atoms with Crippen LogP contribution in [0.5, 0.6) is 0 Å². The number of anilines is 1. The van der Waals surface area contributed by atoms with Crippen molar-refractivity contribution in [2.24, 2.45) is 12.8 Å². The van der Waals surface area contributed by atoms with Crippen LogP contribution in [0.25, 0.3) is 21.9 Å².